The fourth-order valence-corrected chi connectivity index (χ4v) is 4.51. The number of methoxy groups -OCH3 is 1. The Kier molecular flexibility index (Phi) is 10.6. The molecule has 1 atom stereocenters. The molecule has 0 aliphatic carbocycles. The number of hydrogen-bond donors (Lipinski definition) is 1. The van der Waals surface area contributed by atoms with Crippen molar-refractivity contribution in [3.8, 4) is 5.75 Å². The first-order chi connectivity index (χ1) is 17.0. The Morgan fingerprint density at radius 1 is 1.08 bits per heavy atom. The largest absolute Gasteiger partial charge is 0.497 e. The number of nitrogens with zero attached hydrogens (tertiary/aromatic N) is 2. The van der Waals surface area contributed by atoms with Crippen molar-refractivity contribution in [2.45, 2.75) is 45.7 Å². The second-order valence-electron chi connectivity index (χ2n) is 8.37. The second kappa shape index (κ2) is 13.2. The number of carbonyl (C=O) groups excluding carboxylic acids is 2. The number of anilines is 1. The van der Waals surface area contributed by atoms with Gasteiger partial charge < -0.3 is 15.0 Å². The molecule has 2 amide bonds. The molecule has 8 nitrogen and oxygen atoms in total. The van der Waals surface area contributed by atoms with Crippen LogP contribution in [0.1, 0.15) is 38.7 Å². The normalized spacial score (nSPS) is 12.1. The zero-order valence-electron chi connectivity index (χ0n) is 21.0. The Labute approximate surface area is 211 Å². The third-order valence-corrected chi connectivity index (χ3v) is 6.77. The molecule has 0 bridgehead atoms. The number of halogens is 2. The van der Waals surface area contributed by atoms with Crippen molar-refractivity contribution in [3.05, 3.63) is 59.7 Å². The van der Waals surface area contributed by atoms with Crippen molar-refractivity contribution >= 4 is 27.5 Å². The first kappa shape index (κ1) is 29.0. The number of ether oxygens (including phenoxy) is 1. The Bertz CT molecular complexity index is 1140. The highest BCUT2D eigenvalue weighted by molar-refractivity contribution is 7.92. The van der Waals surface area contributed by atoms with Gasteiger partial charge in [0, 0.05) is 32.1 Å². The van der Waals surface area contributed by atoms with Gasteiger partial charge in [0.05, 0.1) is 19.1 Å². The van der Waals surface area contributed by atoms with E-state index in [2.05, 4.69) is 5.32 Å². The Hall–Kier alpha value is -3.21. The maximum Gasteiger partial charge on any atom is 0.242 e. The molecule has 36 heavy (non-hydrogen) atoms. The molecule has 0 fully saturated rings. The third kappa shape index (κ3) is 8.18. The van der Waals surface area contributed by atoms with E-state index in [1.54, 1.807) is 38.3 Å². The molecule has 2 aromatic rings. The first-order valence-electron chi connectivity index (χ1n) is 11.6. The monoisotopic (exact) mass is 525 g/mol. The molecule has 0 saturated heterocycles. The number of hydrogen-bond acceptors (Lipinski definition) is 5. The van der Waals surface area contributed by atoms with Crippen LogP contribution in [0.5, 0.6) is 5.75 Å². The van der Waals surface area contributed by atoms with E-state index < -0.39 is 27.7 Å². The van der Waals surface area contributed by atoms with Crippen LogP contribution in [0.15, 0.2) is 42.5 Å². The summed E-state index contributed by atoms with van der Waals surface area (Å²) in [5.74, 6) is -2.24. The lowest BCUT2D eigenvalue weighted by Gasteiger charge is -2.29. The van der Waals surface area contributed by atoms with E-state index in [0.717, 1.165) is 40.7 Å². The summed E-state index contributed by atoms with van der Waals surface area (Å²) in [5.41, 5.74) is 0.755. The summed E-state index contributed by atoms with van der Waals surface area (Å²) in [6.07, 6.45) is 1.74. The molecule has 0 saturated carbocycles. The molecular weight excluding hydrogens is 492 g/mol. The van der Waals surface area contributed by atoms with Gasteiger partial charge in [-0.25, -0.2) is 17.2 Å². The lowest BCUT2D eigenvalue weighted by atomic mass is 10.1. The molecule has 2 rings (SSSR count). The van der Waals surface area contributed by atoms with Crippen LogP contribution in [0.3, 0.4) is 0 Å². The molecule has 0 heterocycles. The van der Waals surface area contributed by atoms with Gasteiger partial charge in [-0.05, 0) is 49.6 Å². The van der Waals surface area contributed by atoms with Gasteiger partial charge in [0.25, 0.3) is 0 Å². The lowest BCUT2D eigenvalue weighted by molar-refractivity contribution is -0.140. The SMILES string of the molecule is CCCNC(=O)C(C)N(Cc1ccc(OC)cc1)C(=O)CCCN(c1ccc(F)c(F)c1)S(C)(=O)=O. The molecule has 1 unspecified atom stereocenters. The van der Waals surface area contributed by atoms with Crippen molar-refractivity contribution in [3.63, 3.8) is 0 Å². The minimum atomic E-state index is -3.82. The zero-order chi connectivity index (χ0) is 26.9. The van der Waals surface area contributed by atoms with Gasteiger partial charge >= 0.3 is 0 Å². The van der Waals surface area contributed by atoms with Crippen LogP contribution in [-0.4, -0.2) is 57.6 Å². The smallest absolute Gasteiger partial charge is 0.242 e. The van der Waals surface area contributed by atoms with Crippen LogP contribution in [0.2, 0.25) is 0 Å². The van der Waals surface area contributed by atoms with Crippen LogP contribution in [0.25, 0.3) is 0 Å². The van der Waals surface area contributed by atoms with Crippen molar-refractivity contribution in [1.82, 2.24) is 10.2 Å². The summed E-state index contributed by atoms with van der Waals surface area (Å²) in [6.45, 7) is 4.08. The molecule has 0 radical (unpaired) electrons. The Balaban J connectivity index is 2.17. The quantitative estimate of drug-likeness (QED) is 0.432. The molecule has 11 heteroatoms. The lowest BCUT2D eigenvalue weighted by Crippen LogP contribution is -2.47. The average Bonchev–Trinajstić information content (AvgIpc) is 2.84. The molecule has 0 aliphatic heterocycles. The Morgan fingerprint density at radius 2 is 1.75 bits per heavy atom. The number of sulfonamides is 1. The minimum absolute atomic E-state index is 0.0359. The van der Waals surface area contributed by atoms with Gasteiger partial charge in [0.15, 0.2) is 11.6 Å². The molecule has 1 N–H and O–H groups in total. The fourth-order valence-electron chi connectivity index (χ4n) is 3.55. The molecule has 2 aromatic carbocycles. The predicted octanol–water partition coefficient (Wildman–Crippen LogP) is 3.46. The van der Waals surface area contributed by atoms with E-state index in [0.29, 0.717) is 12.3 Å². The fraction of sp³-hybridized carbons (Fsp3) is 0.440. The van der Waals surface area contributed by atoms with Gasteiger partial charge in [0.1, 0.15) is 11.8 Å². The molecule has 0 aromatic heterocycles. The van der Waals surface area contributed by atoms with Crippen LogP contribution in [0.4, 0.5) is 14.5 Å². The number of nitrogens with one attached hydrogen (secondary N) is 1. The molecule has 0 spiro atoms. The predicted molar refractivity (Wildman–Crippen MR) is 134 cm³/mol. The van der Waals surface area contributed by atoms with Crippen molar-refractivity contribution in [1.29, 1.82) is 0 Å². The van der Waals surface area contributed by atoms with Crippen LogP contribution >= 0.6 is 0 Å². The summed E-state index contributed by atoms with van der Waals surface area (Å²) < 4.78 is 57.6. The van der Waals surface area contributed by atoms with E-state index in [1.165, 1.54) is 4.90 Å². The van der Waals surface area contributed by atoms with Crippen molar-refractivity contribution in [2.75, 3.05) is 30.8 Å². The van der Waals surface area contributed by atoms with E-state index in [-0.39, 0.29) is 43.4 Å². The van der Waals surface area contributed by atoms with Gasteiger partial charge in [-0.3, -0.25) is 13.9 Å². The van der Waals surface area contributed by atoms with E-state index in [9.17, 15) is 26.8 Å². The van der Waals surface area contributed by atoms with Crippen LogP contribution < -0.4 is 14.4 Å². The van der Waals surface area contributed by atoms with E-state index >= 15 is 0 Å². The first-order valence-corrected chi connectivity index (χ1v) is 13.5. The third-order valence-electron chi connectivity index (χ3n) is 5.57. The van der Waals surface area contributed by atoms with Gasteiger partial charge in [-0.1, -0.05) is 19.1 Å². The maximum atomic E-state index is 13.7. The van der Waals surface area contributed by atoms with Crippen LogP contribution in [0, 0.1) is 11.6 Å². The van der Waals surface area contributed by atoms with Gasteiger partial charge in [-0.15, -0.1) is 0 Å². The van der Waals surface area contributed by atoms with Crippen LogP contribution in [-0.2, 0) is 26.2 Å². The number of carbonyl (C=O) groups is 2. The summed E-state index contributed by atoms with van der Waals surface area (Å²) in [7, 11) is -2.27. The summed E-state index contributed by atoms with van der Waals surface area (Å²) in [5, 5.41) is 2.79. The average molecular weight is 526 g/mol. The molecule has 0 aliphatic rings. The topological polar surface area (TPSA) is 96.0 Å². The zero-order valence-corrected chi connectivity index (χ0v) is 21.8. The van der Waals surface area contributed by atoms with Crippen molar-refractivity contribution < 1.29 is 31.5 Å². The standard InChI is InChI=1S/C25H33F2N3O5S/c1-5-14-28-25(32)18(2)29(17-19-8-11-21(35-3)12-9-19)24(31)7-6-15-30(36(4,33)34)20-10-13-22(26)23(27)16-20/h8-13,16,18H,5-7,14-15,17H2,1-4H3,(H,28,32). The number of amides is 2. The molecular formula is C25H33F2N3O5S. The van der Waals surface area contributed by atoms with Gasteiger partial charge in [0.2, 0.25) is 21.8 Å². The summed E-state index contributed by atoms with van der Waals surface area (Å²) >= 11 is 0. The Morgan fingerprint density at radius 3 is 2.31 bits per heavy atom. The summed E-state index contributed by atoms with van der Waals surface area (Å²) in [6, 6.07) is 9.15. The minimum Gasteiger partial charge on any atom is -0.497 e. The van der Waals surface area contributed by atoms with E-state index in [1.807, 2.05) is 6.92 Å². The number of rotatable bonds is 13. The van der Waals surface area contributed by atoms with E-state index in [4.69, 9.17) is 4.74 Å². The summed E-state index contributed by atoms with van der Waals surface area (Å²) in [4.78, 5) is 27.3. The maximum absolute atomic E-state index is 13.7. The highest BCUT2D eigenvalue weighted by Crippen LogP contribution is 2.22. The number of benzene rings is 2. The second-order valence-corrected chi connectivity index (χ2v) is 10.3. The highest BCUT2D eigenvalue weighted by atomic mass is 32.2. The molecule has 198 valence electrons. The van der Waals surface area contributed by atoms with Gasteiger partial charge in [-0.2, -0.15) is 0 Å². The highest BCUT2D eigenvalue weighted by Gasteiger charge is 2.26. The van der Waals surface area contributed by atoms with Crippen molar-refractivity contribution in [2.24, 2.45) is 0 Å².